The van der Waals surface area contributed by atoms with Crippen LogP contribution < -0.4 is 0 Å². The van der Waals surface area contributed by atoms with E-state index < -0.39 is 5.60 Å². The third-order valence-electron chi connectivity index (χ3n) is 3.56. The fourth-order valence-electron chi connectivity index (χ4n) is 2.58. The number of likely N-dealkylation sites (tertiary alicyclic amines) is 1. The van der Waals surface area contributed by atoms with Crippen LogP contribution in [0.25, 0.3) is 0 Å². The van der Waals surface area contributed by atoms with Crippen LogP contribution in [0.1, 0.15) is 32.8 Å². The molecule has 3 rings (SSSR count). The lowest BCUT2D eigenvalue weighted by Crippen LogP contribution is -2.64. The van der Waals surface area contributed by atoms with Gasteiger partial charge in [0.1, 0.15) is 5.60 Å². The molecule has 21 heavy (non-hydrogen) atoms. The molecule has 2 aliphatic heterocycles. The van der Waals surface area contributed by atoms with E-state index in [0.29, 0.717) is 13.1 Å². The van der Waals surface area contributed by atoms with E-state index >= 15 is 0 Å². The number of rotatable bonds is 1. The van der Waals surface area contributed by atoms with E-state index in [4.69, 9.17) is 9.57 Å². The first kappa shape index (κ1) is 13.9. The molecule has 0 saturated carbocycles. The summed E-state index contributed by atoms with van der Waals surface area (Å²) in [5, 5.41) is 4.19. The molecule has 1 spiro atoms. The van der Waals surface area contributed by atoms with Crippen LogP contribution in [0.2, 0.25) is 0 Å². The van der Waals surface area contributed by atoms with Gasteiger partial charge in [0.2, 0.25) is 0 Å². The molecule has 1 saturated heterocycles. The SMILES string of the molecule is CC(C)(C)OC(=O)N1CC2(CC(c3ccccc3)=NO2)C1. The molecule has 112 valence electrons. The zero-order valence-corrected chi connectivity index (χ0v) is 12.6. The number of hydrogen-bond donors (Lipinski definition) is 0. The Bertz CT molecular complexity index is 569. The summed E-state index contributed by atoms with van der Waals surface area (Å²) in [6.45, 7) is 6.65. The number of hydrogen-bond acceptors (Lipinski definition) is 4. The summed E-state index contributed by atoms with van der Waals surface area (Å²) in [5.41, 5.74) is 1.19. The second-order valence-corrected chi connectivity index (χ2v) is 6.69. The topological polar surface area (TPSA) is 51.1 Å². The zero-order chi connectivity index (χ0) is 15.1. The predicted octanol–water partition coefficient (Wildman–Crippen LogP) is 2.80. The van der Waals surface area contributed by atoms with Gasteiger partial charge in [-0.15, -0.1) is 0 Å². The van der Waals surface area contributed by atoms with Crippen molar-refractivity contribution in [3.63, 3.8) is 0 Å². The van der Waals surface area contributed by atoms with E-state index in [0.717, 1.165) is 17.7 Å². The maximum Gasteiger partial charge on any atom is 0.410 e. The van der Waals surface area contributed by atoms with Gasteiger partial charge in [-0.05, 0) is 26.3 Å². The summed E-state index contributed by atoms with van der Waals surface area (Å²) in [6.07, 6.45) is 0.445. The maximum absolute atomic E-state index is 11.9. The molecule has 0 unspecified atom stereocenters. The third kappa shape index (κ3) is 2.86. The maximum atomic E-state index is 11.9. The predicted molar refractivity (Wildman–Crippen MR) is 79.2 cm³/mol. The molecular formula is C16H20N2O3. The van der Waals surface area contributed by atoms with Crippen molar-refractivity contribution in [3.05, 3.63) is 35.9 Å². The molecule has 0 atom stereocenters. The largest absolute Gasteiger partial charge is 0.444 e. The quantitative estimate of drug-likeness (QED) is 0.798. The average Bonchev–Trinajstić information content (AvgIpc) is 2.81. The highest BCUT2D eigenvalue weighted by atomic mass is 16.7. The van der Waals surface area contributed by atoms with Gasteiger partial charge in [-0.3, -0.25) is 4.90 Å². The van der Waals surface area contributed by atoms with Gasteiger partial charge in [0.15, 0.2) is 5.60 Å². The molecule has 0 aromatic heterocycles. The van der Waals surface area contributed by atoms with E-state index in [1.54, 1.807) is 4.90 Å². The average molecular weight is 288 g/mol. The summed E-state index contributed by atoms with van der Waals surface area (Å²) in [5.74, 6) is 0. The van der Waals surface area contributed by atoms with Gasteiger partial charge in [0.05, 0.1) is 18.8 Å². The van der Waals surface area contributed by atoms with Gasteiger partial charge >= 0.3 is 6.09 Å². The van der Waals surface area contributed by atoms with Crippen molar-refractivity contribution in [3.8, 4) is 0 Å². The molecule has 0 radical (unpaired) electrons. The first-order valence-electron chi connectivity index (χ1n) is 7.15. The van der Waals surface area contributed by atoms with Gasteiger partial charge in [-0.25, -0.2) is 4.79 Å². The summed E-state index contributed by atoms with van der Waals surface area (Å²) in [6, 6.07) is 9.98. The second-order valence-electron chi connectivity index (χ2n) is 6.69. The Morgan fingerprint density at radius 1 is 1.29 bits per heavy atom. The number of nitrogens with zero attached hydrogens (tertiary/aromatic N) is 2. The Labute approximate surface area is 124 Å². The third-order valence-corrected chi connectivity index (χ3v) is 3.56. The Kier molecular flexibility index (Phi) is 3.15. The van der Waals surface area contributed by atoms with Gasteiger partial charge in [0.25, 0.3) is 0 Å². The van der Waals surface area contributed by atoms with Crippen LogP contribution in [-0.2, 0) is 9.57 Å². The highest BCUT2D eigenvalue weighted by Crippen LogP contribution is 2.36. The highest BCUT2D eigenvalue weighted by Gasteiger charge is 2.52. The molecule has 0 N–H and O–H groups in total. The molecule has 1 amide bonds. The fourth-order valence-corrected chi connectivity index (χ4v) is 2.58. The van der Waals surface area contributed by atoms with Gasteiger partial charge in [-0.1, -0.05) is 35.5 Å². The number of benzene rings is 1. The first-order chi connectivity index (χ1) is 9.87. The molecule has 1 fully saturated rings. The minimum atomic E-state index is -0.470. The summed E-state index contributed by atoms with van der Waals surface area (Å²) in [4.78, 5) is 19.2. The second kappa shape index (κ2) is 4.76. The summed E-state index contributed by atoms with van der Waals surface area (Å²) < 4.78 is 5.35. The van der Waals surface area contributed by atoms with Crippen LogP contribution in [0.15, 0.2) is 35.5 Å². The van der Waals surface area contributed by atoms with Gasteiger partial charge < -0.3 is 9.57 Å². The van der Waals surface area contributed by atoms with E-state index in [9.17, 15) is 4.79 Å². The number of carbonyl (C=O) groups is 1. The minimum Gasteiger partial charge on any atom is -0.444 e. The number of ether oxygens (including phenoxy) is 1. The van der Waals surface area contributed by atoms with Crippen LogP contribution in [-0.4, -0.2) is 41.0 Å². The van der Waals surface area contributed by atoms with Gasteiger partial charge in [-0.2, -0.15) is 0 Å². The fraction of sp³-hybridized carbons (Fsp3) is 0.500. The van der Waals surface area contributed by atoms with Crippen molar-refractivity contribution in [2.75, 3.05) is 13.1 Å². The monoisotopic (exact) mass is 288 g/mol. The van der Waals surface area contributed by atoms with Crippen LogP contribution in [0.3, 0.4) is 0 Å². The van der Waals surface area contributed by atoms with E-state index in [2.05, 4.69) is 5.16 Å². The first-order valence-corrected chi connectivity index (χ1v) is 7.15. The van der Waals surface area contributed by atoms with Crippen LogP contribution >= 0.6 is 0 Å². The van der Waals surface area contributed by atoms with E-state index in [1.807, 2.05) is 51.1 Å². The standard InChI is InChI=1S/C16H20N2O3/c1-15(2,3)20-14(19)18-10-16(11-18)9-13(17-21-16)12-7-5-4-6-8-12/h4-8H,9-11H2,1-3H3. The number of amides is 1. The zero-order valence-electron chi connectivity index (χ0n) is 12.6. The Hall–Kier alpha value is -2.04. The molecule has 5 heteroatoms. The lowest BCUT2D eigenvalue weighted by molar-refractivity contribution is -0.122. The Balaban J connectivity index is 1.57. The van der Waals surface area contributed by atoms with Crippen molar-refractivity contribution in [2.45, 2.75) is 38.4 Å². The van der Waals surface area contributed by atoms with Crippen molar-refractivity contribution < 1.29 is 14.4 Å². The lowest BCUT2D eigenvalue weighted by Gasteiger charge is -2.45. The van der Waals surface area contributed by atoms with Crippen LogP contribution in [0.5, 0.6) is 0 Å². The van der Waals surface area contributed by atoms with Gasteiger partial charge in [0, 0.05) is 6.42 Å². The van der Waals surface area contributed by atoms with Crippen molar-refractivity contribution in [2.24, 2.45) is 5.16 Å². The number of carbonyl (C=O) groups excluding carboxylic acids is 1. The van der Waals surface area contributed by atoms with Crippen molar-refractivity contribution in [1.82, 2.24) is 4.90 Å². The van der Waals surface area contributed by atoms with Crippen LogP contribution in [0, 0.1) is 0 Å². The normalized spacial score (nSPS) is 19.8. The Morgan fingerprint density at radius 2 is 1.95 bits per heavy atom. The molecule has 1 aromatic carbocycles. The molecule has 2 heterocycles. The van der Waals surface area contributed by atoms with Crippen molar-refractivity contribution in [1.29, 1.82) is 0 Å². The molecule has 5 nitrogen and oxygen atoms in total. The molecule has 1 aromatic rings. The highest BCUT2D eigenvalue weighted by molar-refractivity contribution is 6.01. The molecular weight excluding hydrogens is 268 g/mol. The summed E-state index contributed by atoms with van der Waals surface area (Å²) in [7, 11) is 0. The molecule has 0 aliphatic carbocycles. The Morgan fingerprint density at radius 3 is 2.57 bits per heavy atom. The smallest absolute Gasteiger partial charge is 0.410 e. The number of oxime groups is 1. The molecule has 0 bridgehead atoms. The lowest BCUT2D eigenvalue weighted by atomic mass is 9.87. The summed E-state index contributed by atoms with van der Waals surface area (Å²) >= 11 is 0. The van der Waals surface area contributed by atoms with Crippen LogP contribution in [0.4, 0.5) is 4.79 Å². The molecule has 2 aliphatic rings. The van der Waals surface area contributed by atoms with E-state index in [-0.39, 0.29) is 11.7 Å². The van der Waals surface area contributed by atoms with Crippen molar-refractivity contribution >= 4 is 11.8 Å². The van der Waals surface area contributed by atoms with E-state index in [1.165, 1.54) is 0 Å². The minimum absolute atomic E-state index is 0.287.